The Labute approximate surface area is 195 Å². The largest absolute Gasteiger partial charge is 0.356 e. The van der Waals surface area contributed by atoms with Crippen LogP contribution >= 0.6 is 27.7 Å². The molecule has 1 saturated heterocycles. The number of aromatic nitrogens is 1. The minimum Gasteiger partial charge on any atom is -0.356 e. The molecule has 1 aromatic heterocycles. The zero-order chi connectivity index (χ0) is 23.0. The molecule has 3 rings (SSSR count). The SMILES string of the molecule is CCN.CSc1cccc(NC(=O)c2c(N3CCCC(F)(F)CC3)ncc(Br)c2C)c1. The van der Waals surface area contributed by atoms with Gasteiger partial charge in [0.25, 0.3) is 5.91 Å². The van der Waals surface area contributed by atoms with Crippen molar-refractivity contribution in [2.45, 2.75) is 43.9 Å². The van der Waals surface area contributed by atoms with Crippen LogP contribution in [0.1, 0.15) is 42.1 Å². The van der Waals surface area contributed by atoms with E-state index < -0.39 is 5.92 Å². The maximum Gasteiger partial charge on any atom is 0.259 e. The van der Waals surface area contributed by atoms with Gasteiger partial charge in [-0.05, 0) is 65.8 Å². The molecule has 0 unspecified atom stereocenters. The Kier molecular flexibility index (Phi) is 9.71. The second kappa shape index (κ2) is 11.8. The van der Waals surface area contributed by atoms with Crippen LogP contribution in [-0.4, -0.2) is 42.7 Å². The highest BCUT2D eigenvalue weighted by Gasteiger charge is 2.33. The number of amides is 1. The molecule has 1 aliphatic rings. The fraction of sp³-hybridized carbons (Fsp3) is 0.455. The highest BCUT2D eigenvalue weighted by molar-refractivity contribution is 9.10. The Morgan fingerprint density at radius 1 is 1.35 bits per heavy atom. The summed E-state index contributed by atoms with van der Waals surface area (Å²) in [5.74, 6) is -2.51. The number of nitrogens with two attached hydrogens (primary N) is 1. The van der Waals surface area contributed by atoms with Crippen molar-refractivity contribution in [3.63, 3.8) is 0 Å². The molecule has 1 aliphatic heterocycles. The monoisotopic (exact) mass is 514 g/mol. The number of carbonyl (C=O) groups is 1. The second-order valence-electron chi connectivity index (χ2n) is 7.22. The van der Waals surface area contributed by atoms with Gasteiger partial charge >= 0.3 is 0 Å². The molecule has 9 heteroatoms. The van der Waals surface area contributed by atoms with E-state index in [0.717, 1.165) is 17.0 Å². The van der Waals surface area contributed by atoms with E-state index in [1.54, 1.807) is 22.9 Å². The third-order valence-electron chi connectivity index (χ3n) is 4.83. The van der Waals surface area contributed by atoms with E-state index in [2.05, 4.69) is 26.2 Å². The lowest BCUT2D eigenvalue weighted by Gasteiger charge is -2.25. The van der Waals surface area contributed by atoms with E-state index in [0.29, 0.717) is 34.5 Å². The van der Waals surface area contributed by atoms with Crippen molar-refractivity contribution in [1.82, 2.24) is 4.98 Å². The van der Waals surface area contributed by atoms with Gasteiger partial charge in [-0.15, -0.1) is 11.8 Å². The third-order valence-corrected chi connectivity index (χ3v) is 6.35. The predicted octanol–water partition coefficient (Wildman–Crippen LogP) is 5.72. The van der Waals surface area contributed by atoms with Gasteiger partial charge in [0.15, 0.2) is 0 Å². The molecule has 170 valence electrons. The van der Waals surface area contributed by atoms with Crippen molar-refractivity contribution >= 4 is 45.1 Å². The summed E-state index contributed by atoms with van der Waals surface area (Å²) in [4.78, 5) is 20.4. The standard InChI is InChI=1S/C20H22BrF2N3OS.C2H7N/c1-13-16(21)12-24-18(26-9-4-7-20(22,23)8-10-26)17(13)19(27)25-14-5-3-6-15(11-14)28-2;1-2-3/h3,5-6,11-12H,4,7-10H2,1-2H3,(H,25,27);2-3H2,1H3. The minimum absolute atomic E-state index is 0.137. The van der Waals surface area contributed by atoms with Gasteiger partial charge in [0.05, 0.1) is 5.56 Å². The fourth-order valence-electron chi connectivity index (χ4n) is 3.25. The maximum atomic E-state index is 13.8. The number of hydrogen-bond donors (Lipinski definition) is 2. The van der Waals surface area contributed by atoms with E-state index >= 15 is 0 Å². The fourth-order valence-corrected chi connectivity index (χ4v) is 4.01. The molecule has 0 atom stereocenters. The number of halogens is 3. The Morgan fingerprint density at radius 2 is 2.06 bits per heavy atom. The zero-order valence-corrected chi connectivity index (χ0v) is 20.5. The quantitative estimate of drug-likeness (QED) is 0.510. The van der Waals surface area contributed by atoms with E-state index in [1.807, 2.05) is 44.4 Å². The van der Waals surface area contributed by atoms with Crippen LogP contribution in [-0.2, 0) is 0 Å². The maximum absolute atomic E-state index is 13.8. The summed E-state index contributed by atoms with van der Waals surface area (Å²) in [5.41, 5.74) is 6.68. The predicted molar refractivity (Wildman–Crippen MR) is 129 cm³/mol. The van der Waals surface area contributed by atoms with Crippen molar-refractivity contribution in [2.24, 2.45) is 5.73 Å². The number of carbonyl (C=O) groups excluding carboxylic acids is 1. The first-order valence-electron chi connectivity index (χ1n) is 10.2. The van der Waals surface area contributed by atoms with E-state index in [1.165, 1.54) is 0 Å². The lowest BCUT2D eigenvalue weighted by Crippen LogP contribution is -2.30. The molecule has 0 bridgehead atoms. The average molecular weight is 515 g/mol. The molecule has 0 radical (unpaired) electrons. The summed E-state index contributed by atoms with van der Waals surface area (Å²) in [6.45, 7) is 5.10. The van der Waals surface area contributed by atoms with E-state index in [9.17, 15) is 13.6 Å². The van der Waals surface area contributed by atoms with Gasteiger partial charge in [-0.3, -0.25) is 4.79 Å². The number of nitrogens with one attached hydrogen (secondary N) is 1. The molecule has 1 amide bonds. The van der Waals surface area contributed by atoms with Crippen molar-refractivity contribution in [3.05, 3.63) is 46.1 Å². The molecule has 1 fully saturated rings. The smallest absolute Gasteiger partial charge is 0.259 e. The van der Waals surface area contributed by atoms with Gasteiger partial charge in [0, 0.05) is 47.2 Å². The Bertz CT molecular complexity index is 898. The highest BCUT2D eigenvalue weighted by Crippen LogP contribution is 2.33. The van der Waals surface area contributed by atoms with Crippen LogP contribution in [0.3, 0.4) is 0 Å². The molecule has 0 aliphatic carbocycles. The topological polar surface area (TPSA) is 71.2 Å². The van der Waals surface area contributed by atoms with E-state index in [4.69, 9.17) is 5.73 Å². The first-order valence-corrected chi connectivity index (χ1v) is 12.2. The molecular weight excluding hydrogens is 486 g/mol. The van der Waals surface area contributed by atoms with Crippen LogP contribution in [0.5, 0.6) is 0 Å². The summed E-state index contributed by atoms with van der Waals surface area (Å²) in [7, 11) is 0. The lowest BCUT2D eigenvalue weighted by molar-refractivity contribution is -0.0102. The Hall–Kier alpha value is -1.71. The zero-order valence-electron chi connectivity index (χ0n) is 18.1. The molecule has 31 heavy (non-hydrogen) atoms. The van der Waals surface area contributed by atoms with Crippen LogP contribution in [0.4, 0.5) is 20.3 Å². The van der Waals surface area contributed by atoms with Crippen molar-refractivity contribution < 1.29 is 13.6 Å². The number of hydrogen-bond acceptors (Lipinski definition) is 5. The summed E-state index contributed by atoms with van der Waals surface area (Å²) in [6.07, 6.45) is 3.58. The van der Waals surface area contributed by atoms with Gasteiger partial charge in [-0.2, -0.15) is 0 Å². The number of pyridine rings is 1. The molecule has 0 spiro atoms. The molecule has 5 nitrogen and oxygen atoms in total. The summed E-state index contributed by atoms with van der Waals surface area (Å²) in [5, 5.41) is 2.92. The van der Waals surface area contributed by atoms with Crippen molar-refractivity contribution in [2.75, 3.05) is 36.1 Å². The lowest BCUT2D eigenvalue weighted by atomic mass is 10.1. The number of nitrogens with zero attached hydrogens (tertiary/aromatic N) is 2. The second-order valence-corrected chi connectivity index (χ2v) is 8.95. The summed E-state index contributed by atoms with van der Waals surface area (Å²) >= 11 is 5.02. The molecular formula is C22H29BrF2N4OS. The van der Waals surface area contributed by atoms with Crippen molar-refractivity contribution in [3.8, 4) is 0 Å². The van der Waals surface area contributed by atoms with Crippen LogP contribution in [0.2, 0.25) is 0 Å². The van der Waals surface area contributed by atoms with Crippen LogP contribution in [0.15, 0.2) is 39.8 Å². The molecule has 3 N–H and O–H groups in total. The van der Waals surface area contributed by atoms with Crippen LogP contribution in [0, 0.1) is 6.92 Å². The number of anilines is 2. The normalized spacial score (nSPS) is 15.5. The third kappa shape index (κ3) is 7.15. The van der Waals surface area contributed by atoms with Crippen molar-refractivity contribution in [1.29, 1.82) is 0 Å². The first-order chi connectivity index (χ1) is 14.7. The first kappa shape index (κ1) is 25.5. The number of benzene rings is 1. The number of rotatable bonds is 4. The van der Waals surface area contributed by atoms with Crippen LogP contribution < -0.4 is 16.0 Å². The number of thioether (sulfide) groups is 1. The molecule has 1 aromatic carbocycles. The van der Waals surface area contributed by atoms with E-state index in [-0.39, 0.29) is 25.3 Å². The molecule has 2 aromatic rings. The highest BCUT2D eigenvalue weighted by atomic mass is 79.9. The Morgan fingerprint density at radius 3 is 2.74 bits per heavy atom. The number of alkyl halides is 2. The van der Waals surface area contributed by atoms with Gasteiger partial charge < -0.3 is 16.0 Å². The Balaban J connectivity index is 0.00000107. The van der Waals surface area contributed by atoms with Gasteiger partial charge in [0.2, 0.25) is 5.92 Å². The van der Waals surface area contributed by atoms with Gasteiger partial charge in [0.1, 0.15) is 5.82 Å². The summed E-state index contributed by atoms with van der Waals surface area (Å²) in [6, 6.07) is 7.57. The molecule has 2 heterocycles. The van der Waals surface area contributed by atoms with Gasteiger partial charge in [-0.25, -0.2) is 13.8 Å². The van der Waals surface area contributed by atoms with Gasteiger partial charge in [-0.1, -0.05) is 13.0 Å². The molecule has 0 saturated carbocycles. The average Bonchev–Trinajstić information content (AvgIpc) is 2.91. The summed E-state index contributed by atoms with van der Waals surface area (Å²) < 4.78 is 28.3. The minimum atomic E-state index is -2.67. The van der Waals surface area contributed by atoms with Crippen LogP contribution in [0.25, 0.3) is 0 Å².